The summed E-state index contributed by atoms with van der Waals surface area (Å²) in [6.07, 6.45) is 1.66. The highest BCUT2D eigenvalue weighted by Gasteiger charge is 2.12. The molecule has 25 heavy (non-hydrogen) atoms. The van der Waals surface area contributed by atoms with Crippen LogP contribution in [0.1, 0.15) is 33.0 Å². The number of carbonyl (C=O) groups excluding carboxylic acids is 1. The lowest BCUT2D eigenvalue weighted by Crippen LogP contribution is -2.12. The van der Waals surface area contributed by atoms with Gasteiger partial charge in [0.2, 0.25) is 0 Å². The van der Waals surface area contributed by atoms with Crippen LogP contribution in [0.4, 0.5) is 5.69 Å². The van der Waals surface area contributed by atoms with Gasteiger partial charge in [0.15, 0.2) is 0 Å². The smallest absolute Gasteiger partial charge is 0.255 e. The Morgan fingerprint density at radius 3 is 2.36 bits per heavy atom. The molecule has 2 aromatic heterocycles. The molecule has 0 saturated heterocycles. The molecule has 0 fully saturated rings. The molecule has 0 aliphatic carbocycles. The van der Waals surface area contributed by atoms with E-state index in [1.54, 1.807) is 10.9 Å². The fourth-order valence-electron chi connectivity index (χ4n) is 2.58. The van der Waals surface area contributed by atoms with Gasteiger partial charge in [-0.05, 0) is 54.4 Å². The molecule has 0 saturated carbocycles. The second-order valence-corrected chi connectivity index (χ2v) is 6.85. The van der Waals surface area contributed by atoms with Gasteiger partial charge in [-0.25, -0.2) is 0 Å². The molecule has 0 atom stereocenters. The Bertz CT molecular complexity index is 924. The summed E-state index contributed by atoms with van der Waals surface area (Å²) in [5, 5.41) is 11.5. The first-order valence-electron chi connectivity index (χ1n) is 7.95. The number of benzene rings is 1. The van der Waals surface area contributed by atoms with Crippen molar-refractivity contribution in [1.29, 1.82) is 0 Å². The van der Waals surface area contributed by atoms with Crippen molar-refractivity contribution < 1.29 is 4.79 Å². The average molecular weight is 402 g/mol. The van der Waals surface area contributed by atoms with Crippen molar-refractivity contribution in [3.63, 3.8) is 0 Å². The summed E-state index contributed by atoms with van der Waals surface area (Å²) < 4.78 is 4.72. The van der Waals surface area contributed by atoms with Crippen molar-refractivity contribution in [3.8, 4) is 0 Å². The number of aryl methyl sites for hydroxylation is 2. The normalized spacial score (nSPS) is 10.9. The molecule has 0 unspecified atom stereocenters. The van der Waals surface area contributed by atoms with Crippen LogP contribution in [0.25, 0.3) is 0 Å². The Balaban J connectivity index is 1.72. The summed E-state index contributed by atoms with van der Waals surface area (Å²) in [5.74, 6) is -0.142. The van der Waals surface area contributed by atoms with Gasteiger partial charge in [0.25, 0.3) is 5.91 Å². The van der Waals surface area contributed by atoms with Gasteiger partial charge in [-0.3, -0.25) is 14.2 Å². The maximum Gasteiger partial charge on any atom is 0.255 e. The summed E-state index contributed by atoms with van der Waals surface area (Å²) in [4.78, 5) is 12.4. The lowest BCUT2D eigenvalue weighted by atomic mass is 10.1. The van der Waals surface area contributed by atoms with E-state index < -0.39 is 0 Å². The second-order valence-electron chi connectivity index (χ2n) is 6.06. The zero-order valence-electron chi connectivity index (χ0n) is 14.7. The summed E-state index contributed by atoms with van der Waals surface area (Å²) >= 11 is 3.54. The van der Waals surface area contributed by atoms with Gasteiger partial charge in [-0.15, -0.1) is 0 Å². The van der Waals surface area contributed by atoms with Crippen molar-refractivity contribution in [3.05, 3.63) is 63.1 Å². The molecule has 1 aromatic carbocycles. The molecule has 3 aromatic rings. The van der Waals surface area contributed by atoms with Crippen LogP contribution in [0, 0.1) is 20.8 Å². The molecule has 7 heteroatoms. The topological polar surface area (TPSA) is 64.7 Å². The number of carbonyl (C=O) groups is 1. The Hall–Kier alpha value is -2.41. The number of amides is 1. The fraction of sp³-hybridized carbons (Fsp3) is 0.278. The number of halogens is 1. The highest BCUT2D eigenvalue weighted by atomic mass is 79.9. The molecule has 0 aliphatic heterocycles. The molecule has 0 aliphatic rings. The minimum atomic E-state index is -0.142. The third-order valence-corrected chi connectivity index (χ3v) is 5.47. The van der Waals surface area contributed by atoms with Crippen LogP contribution < -0.4 is 5.32 Å². The first-order valence-corrected chi connectivity index (χ1v) is 8.74. The van der Waals surface area contributed by atoms with Crippen LogP contribution in [0.15, 0.2) is 34.9 Å². The maximum atomic E-state index is 12.4. The quantitative estimate of drug-likeness (QED) is 0.725. The van der Waals surface area contributed by atoms with Gasteiger partial charge in [-0.1, -0.05) is 12.1 Å². The monoisotopic (exact) mass is 401 g/mol. The van der Waals surface area contributed by atoms with E-state index in [0.29, 0.717) is 12.1 Å². The molecular formula is C18H20BrN5O. The van der Waals surface area contributed by atoms with Crippen molar-refractivity contribution in [2.75, 3.05) is 5.32 Å². The van der Waals surface area contributed by atoms with E-state index in [2.05, 4.69) is 31.4 Å². The van der Waals surface area contributed by atoms with Gasteiger partial charge in [0, 0.05) is 12.6 Å². The zero-order chi connectivity index (χ0) is 18.1. The first kappa shape index (κ1) is 17.4. The standard InChI is InChI=1S/C18H20BrN5O/c1-11-17(19)13(3)24(22-11)10-14-5-7-15(8-6-14)18(25)21-16-9-20-23(4)12(16)2/h5-9H,10H2,1-4H3,(H,21,25). The van der Waals surface area contributed by atoms with Crippen LogP contribution in [0.2, 0.25) is 0 Å². The van der Waals surface area contributed by atoms with E-state index in [-0.39, 0.29) is 5.91 Å². The number of hydrogen-bond donors (Lipinski definition) is 1. The molecule has 6 nitrogen and oxygen atoms in total. The predicted octanol–water partition coefficient (Wildman–Crippen LogP) is 3.60. The highest BCUT2D eigenvalue weighted by molar-refractivity contribution is 9.10. The van der Waals surface area contributed by atoms with Crippen molar-refractivity contribution in [2.24, 2.45) is 7.05 Å². The minimum Gasteiger partial charge on any atom is -0.319 e. The lowest BCUT2D eigenvalue weighted by Gasteiger charge is -2.07. The predicted molar refractivity (Wildman–Crippen MR) is 101 cm³/mol. The molecule has 2 heterocycles. The van der Waals surface area contributed by atoms with Crippen LogP contribution in [-0.4, -0.2) is 25.5 Å². The molecule has 0 radical (unpaired) electrons. The Kier molecular flexibility index (Phi) is 4.76. The maximum absolute atomic E-state index is 12.4. The first-order chi connectivity index (χ1) is 11.9. The van der Waals surface area contributed by atoms with Gasteiger partial charge in [0.1, 0.15) is 0 Å². The van der Waals surface area contributed by atoms with Crippen molar-refractivity contribution in [1.82, 2.24) is 19.6 Å². The minimum absolute atomic E-state index is 0.142. The molecule has 3 rings (SSSR count). The Morgan fingerprint density at radius 2 is 1.84 bits per heavy atom. The van der Waals surface area contributed by atoms with Gasteiger partial charge in [-0.2, -0.15) is 10.2 Å². The summed E-state index contributed by atoms with van der Waals surface area (Å²) in [6, 6.07) is 7.57. The van der Waals surface area contributed by atoms with Gasteiger partial charge < -0.3 is 5.32 Å². The molecule has 1 N–H and O–H groups in total. The van der Waals surface area contributed by atoms with E-state index in [0.717, 1.165) is 32.8 Å². The number of nitrogens with one attached hydrogen (secondary N) is 1. The number of rotatable bonds is 4. The number of nitrogens with zero attached hydrogens (tertiary/aromatic N) is 4. The van der Waals surface area contributed by atoms with E-state index in [4.69, 9.17) is 0 Å². The summed E-state index contributed by atoms with van der Waals surface area (Å²) in [5.41, 5.74) is 5.41. The largest absolute Gasteiger partial charge is 0.319 e. The van der Waals surface area contributed by atoms with E-state index >= 15 is 0 Å². The van der Waals surface area contributed by atoms with Gasteiger partial charge >= 0.3 is 0 Å². The third-order valence-electron chi connectivity index (χ3n) is 4.33. The van der Waals surface area contributed by atoms with Crippen LogP contribution >= 0.6 is 15.9 Å². The van der Waals surface area contributed by atoms with E-state index in [1.165, 1.54) is 0 Å². The zero-order valence-corrected chi connectivity index (χ0v) is 16.3. The molecule has 130 valence electrons. The van der Waals surface area contributed by atoms with E-state index in [1.807, 2.05) is 56.8 Å². The lowest BCUT2D eigenvalue weighted by molar-refractivity contribution is 0.102. The second kappa shape index (κ2) is 6.84. The summed E-state index contributed by atoms with van der Waals surface area (Å²) in [7, 11) is 1.84. The molecular weight excluding hydrogens is 382 g/mol. The van der Waals surface area contributed by atoms with Crippen molar-refractivity contribution >= 4 is 27.5 Å². The van der Waals surface area contributed by atoms with Crippen LogP contribution in [0.3, 0.4) is 0 Å². The average Bonchev–Trinajstić information content (AvgIpc) is 3.03. The fourth-order valence-corrected chi connectivity index (χ4v) is 2.86. The number of hydrogen-bond acceptors (Lipinski definition) is 3. The number of anilines is 1. The molecule has 1 amide bonds. The van der Waals surface area contributed by atoms with Gasteiger partial charge in [0.05, 0.1) is 40.0 Å². The Labute approximate surface area is 155 Å². The summed E-state index contributed by atoms with van der Waals surface area (Å²) in [6.45, 7) is 6.59. The third kappa shape index (κ3) is 3.51. The SMILES string of the molecule is Cc1nn(Cc2ccc(C(=O)Nc3cnn(C)c3C)cc2)c(C)c1Br. The van der Waals surface area contributed by atoms with E-state index in [9.17, 15) is 4.79 Å². The Morgan fingerprint density at radius 1 is 1.16 bits per heavy atom. The highest BCUT2D eigenvalue weighted by Crippen LogP contribution is 2.21. The molecule has 0 spiro atoms. The van der Waals surface area contributed by atoms with Crippen molar-refractivity contribution in [2.45, 2.75) is 27.3 Å². The van der Waals surface area contributed by atoms with Crippen LogP contribution in [-0.2, 0) is 13.6 Å². The number of aromatic nitrogens is 4. The van der Waals surface area contributed by atoms with Crippen LogP contribution in [0.5, 0.6) is 0 Å². The molecule has 0 bridgehead atoms.